The van der Waals surface area contributed by atoms with E-state index in [0.717, 1.165) is 12.0 Å². The van der Waals surface area contributed by atoms with Crippen molar-refractivity contribution in [3.05, 3.63) is 29.8 Å². The minimum absolute atomic E-state index is 0.0772. The Kier molecular flexibility index (Phi) is 5.50. The fraction of sp³-hybridized carbons (Fsp3) is 0.333. The molecule has 0 heterocycles. The van der Waals surface area contributed by atoms with Crippen molar-refractivity contribution in [2.45, 2.75) is 20.3 Å². The van der Waals surface area contributed by atoms with Gasteiger partial charge in [-0.05, 0) is 36.7 Å². The zero-order valence-electron chi connectivity index (χ0n) is 10.7. The number of rotatable bonds is 7. The quantitative estimate of drug-likeness (QED) is 0.431. The van der Waals surface area contributed by atoms with E-state index in [2.05, 4.69) is 9.44 Å². The van der Waals surface area contributed by atoms with Gasteiger partial charge in [0.2, 0.25) is 6.40 Å². The Hall–Kier alpha value is -1.89. The largest absolute Gasteiger partial charge is 0.442 e. The first-order valence-corrected chi connectivity index (χ1v) is 7.19. The van der Waals surface area contributed by atoms with Crippen molar-refractivity contribution >= 4 is 22.3 Å². The molecule has 0 amide bonds. The van der Waals surface area contributed by atoms with E-state index in [0.29, 0.717) is 12.2 Å². The van der Waals surface area contributed by atoms with Gasteiger partial charge in [0, 0.05) is 6.42 Å². The van der Waals surface area contributed by atoms with Gasteiger partial charge in [-0.15, -0.1) is 0 Å². The summed E-state index contributed by atoms with van der Waals surface area (Å²) in [5.74, 6) is 0.381. The van der Waals surface area contributed by atoms with Crippen LogP contribution in [0, 0.1) is 0 Å². The molecular formula is C12H15NO5S. The second kappa shape index (κ2) is 6.89. The van der Waals surface area contributed by atoms with Crippen molar-refractivity contribution in [2.24, 2.45) is 5.16 Å². The monoisotopic (exact) mass is 285 g/mol. The fourth-order valence-corrected chi connectivity index (χ4v) is 1.46. The van der Waals surface area contributed by atoms with Crippen molar-refractivity contribution in [1.29, 1.82) is 0 Å². The molecule has 0 atom stereocenters. The lowest BCUT2D eigenvalue weighted by Crippen LogP contribution is -2.04. The predicted octanol–water partition coefficient (Wildman–Crippen LogP) is 1.51. The van der Waals surface area contributed by atoms with Gasteiger partial charge in [-0.1, -0.05) is 12.1 Å². The number of nitrogens with zero attached hydrogens (tertiary/aromatic N) is 1. The van der Waals surface area contributed by atoms with E-state index in [4.69, 9.17) is 4.74 Å². The first-order chi connectivity index (χ1) is 8.93. The van der Waals surface area contributed by atoms with Crippen LogP contribution in [0.1, 0.15) is 19.4 Å². The summed E-state index contributed by atoms with van der Waals surface area (Å²) in [7, 11) is -3.61. The lowest BCUT2D eigenvalue weighted by atomic mass is 10.1. The molecule has 0 unspecified atom stereocenters. The molecule has 0 saturated carbocycles. The first kappa shape index (κ1) is 15.2. The van der Waals surface area contributed by atoms with Crippen LogP contribution in [0.25, 0.3) is 0 Å². The molecule has 104 valence electrons. The molecule has 0 spiro atoms. The van der Waals surface area contributed by atoms with Gasteiger partial charge in [-0.2, -0.15) is 8.42 Å². The lowest BCUT2D eigenvalue weighted by Gasteiger charge is -2.01. The highest BCUT2D eigenvalue weighted by Gasteiger charge is 2.05. The summed E-state index contributed by atoms with van der Waals surface area (Å²) >= 11 is 0. The number of ether oxygens (including phenoxy) is 1. The molecule has 0 aliphatic heterocycles. The normalized spacial score (nSPS) is 11.5. The Morgan fingerprint density at radius 3 is 2.47 bits per heavy atom. The number of Topliss-reactive ketones (excluding diaryl/α,β-unsaturated/α-hetero) is 1. The summed E-state index contributed by atoms with van der Waals surface area (Å²) in [5.41, 5.74) is 0.876. The second-order valence-electron chi connectivity index (χ2n) is 3.77. The molecule has 0 aliphatic carbocycles. The molecule has 19 heavy (non-hydrogen) atoms. The summed E-state index contributed by atoms with van der Waals surface area (Å²) in [6.07, 6.45) is 1.26. The van der Waals surface area contributed by atoms with Gasteiger partial charge in [-0.3, -0.25) is 9.08 Å². The molecule has 1 rings (SSSR count). The topological polar surface area (TPSA) is 82.0 Å². The van der Waals surface area contributed by atoms with Crippen molar-refractivity contribution in [3.63, 3.8) is 0 Å². The molecule has 6 nitrogen and oxygen atoms in total. The minimum atomic E-state index is -3.61. The summed E-state index contributed by atoms with van der Waals surface area (Å²) in [5, 5.41) is 3.19. The Morgan fingerprint density at radius 1 is 1.32 bits per heavy atom. The Labute approximate surface area is 112 Å². The second-order valence-corrected chi connectivity index (χ2v) is 5.61. The van der Waals surface area contributed by atoms with Crippen LogP contribution in [0.15, 0.2) is 29.4 Å². The molecule has 0 bridgehead atoms. The minimum Gasteiger partial charge on any atom is -0.442 e. The third-order valence-corrected chi connectivity index (χ3v) is 3.14. The molecular weight excluding hydrogens is 270 g/mol. The van der Waals surface area contributed by atoms with Gasteiger partial charge in [0.05, 0.1) is 5.75 Å². The maximum Gasteiger partial charge on any atom is 0.328 e. The van der Waals surface area contributed by atoms with Gasteiger partial charge >= 0.3 is 10.1 Å². The number of ketones is 1. The third-order valence-electron chi connectivity index (χ3n) is 2.12. The molecule has 0 N–H and O–H groups in total. The molecule has 0 aliphatic rings. The molecule has 0 fully saturated rings. The number of benzene rings is 1. The van der Waals surface area contributed by atoms with E-state index in [1.807, 2.05) is 0 Å². The highest BCUT2D eigenvalue weighted by Crippen LogP contribution is 2.12. The smallest absolute Gasteiger partial charge is 0.328 e. The van der Waals surface area contributed by atoms with Crippen LogP contribution < -0.4 is 4.74 Å². The summed E-state index contributed by atoms with van der Waals surface area (Å²) in [6, 6.07) is 6.79. The third kappa shape index (κ3) is 6.01. The highest BCUT2D eigenvalue weighted by atomic mass is 32.2. The number of carbonyl (C=O) groups is 1. The number of hydrogen-bond donors (Lipinski definition) is 0. The van der Waals surface area contributed by atoms with E-state index in [-0.39, 0.29) is 11.5 Å². The molecule has 1 aromatic carbocycles. The van der Waals surface area contributed by atoms with E-state index in [1.165, 1.54) is 13.8 Å². The molecule has 1 aromatic rings. The van der Waals surface area contributed by atoms with Crippen molar-refractivity contribution < 1.29 is 22.2 Å². The van der Waals surface area contributed by atoms with Gasteiger partial charge in [-0.25, -0.2) is 0 Å². The van der Waals surface area contributed by atoms with E-state index in [9.17, 15) is 13.2 Å². The van der Waals surface area contributed by atoms with E-state index >= 15 is 0 Å². The van der Waals surface area contributed by atoms with Crippen molar-refractivity contribution in [1.82, 2.24) is 0 Å². The molecule has 0 aromatic heterocycles. The number of hydrogen-bond acceptors (Lipinski definition) is 6. The van der Waals surface area contributed by atoms with Gasteiger partial charge in [0.15, 0.2) is 0 Å². The van der Waals surface area contributed by atoms with Crippen LogP contribution in [0.3, 0.4) is 0 Å². The molecule has 0 radical (unpaired) electrons. The van der Waals surface area contributed by atoms with Gasteiger partial charge in [0.25, 0.3) is 0 Å². The van der Waals surface area contributed by atoms with Crippen LogP contribution in [-0.4, -0.2) is 26.4 Å². The fourth-order valence-electron chi connectivity index (χ4n) is 1.19. The Balaban J connectivity index is 2.50. The number of oxime groups is 1. The average Bonchev–Trinajstić information content (AvgIpc) is 2.36. The van der Waals surface area contributed by atoms with E-state index < -0.39 is 10.1 Å². The highest BCUT2D eigenvalue weighted by molar-refractivity contribution is 7.86. The van der Waals surface area contributed by atoms with E-state index in [1.54, 1.807) is 24.3 Å². The summed E-state index contributed by atoms with van der Waals surface area (Å²) in [4.78, 5) is 10.9. The van der Waals surface area contributed by atoms with Crippen LogP contribution in [0.5, 0.6) is 5.75 Å². The van der Waals surface area contributed by atoms with Crippen LogP contribution in [-0.2, 0) is 25.6 Å². The maximum atomic E-state index is 10.9. The lowest BCUT2D eigenvalue weighted by molar-refractivity contribution is -0.116. The van der Waals surface area contributed by atoms with Gasteiger partial charge < -0.3 is 4.74 Å². The average molecular weight is 285 g/mol. The van der Waals surface area contributed by atoms with Crippen LogP contribution in [0.4, 0.5) is 0 Å². The Morgan fingerprint density at radius 2 is 1.95 bits per heavy atom. The molecule has 7 heteroatoms. The van der Waals surface area contributed by atoms with Crippen LogP contribution >= 0.6 is 0 Å². The Bertz CT molecular complexity index is 548. The van der Waals surface area contributed by atoms with Crippen molar-refractivity contribution in [3.8, 4) is 5.75 Å². The van der Waals surface area contributed by atoms with Crippen molar-refractivity contribution in [2.75, 3.05) is 5.75 Å². The van der Waals surface area contributed by atoms with Gasteiger partial charge in [0.1, 0.15) is 11.5 Å². The predicted molar refractivity (Wildman–Crippen MR) is 70.5 cm³/mol. The SMILES string of the molecule is CCS(=O)(=O)ON=COc1ccc(CC(C)=O)cc1. The first-order valence-electron chi connectivity index (χ1n) is 5.61. The zero-order valence-corrected chi connectivity index (χ0v) is 11.5. The summed E-state index contributed by atoms with van der Waals surface area (Å²) < 4.78 is 31.2. The summed E-state index contributed by atoms with van der Waals surface area (Å²) in [6.45, 7) is 2.96. The number of carbonyl (C=O) groups excluding carboxylic acids is 1. The maximum absolute atomic E-state index is 10.9. The molecule has 0 saturated heterocycles. The standard InChI is InChI=1S/C12H15NO5S/c1-3-19(15,16)18-13-9-17-12-6-4-11(5-7-12)8-10(2)14/h4-7,9H,3,8H2,1-2H3. The zero-order chi connectivity index (χ0) is 14.3. The van der Waals surface area contributed by atoms with Crippen LogP contribution in [0.2, 0.25) is 0 Å².